The molecule has 4 aliphatic rings. The van der Waals surface area contributed by atoms with Crippen LogP contribution in [0.4, 0.5) is 9.59 Å². The summed E-state index contributed by atoms with van der Waals surface area (Å²) in [6.07, 6.45) is 17.3. The molecule has 13 heteroatoms. The maximum atomic E-state index is 13.7. The Bertz CT molecular complexity index is 2690. The van der Waals surface area contributed by atoms with E-state index in [1.807, 2.05) is 46.0 Å². The van der Waals surface area contributed by atoms with Gasteiger partial charge in [0.1, 0.15) is 23.7 Å². The van der Waals surface area contributed by atoms with Gasteiger partial charge in [0.25, 0.3) is 0 Å². The van der Waals surface area contributed by atoms with E-state index in [-0.39, 0.29) is 35.5 Å². The van der Waals surface area contributed by atoms with Crippen molar-refractivity contribution in [3.8, 4) is 33.5 Å². The summed E-state index contributed by atoms with van der Waals surface area (Å²) in [5.41, 5.74) is 12.2. The summed E-state index contributed by atoms with van der Waals surface area (Å²) in [5.74, 6) is 2.06. The molecule has 5 aromatic rings. The van der Waals surface area contributed by atoms with Crippen LogP contribution in [0.2, 0.25) is 0 Å². The number of rotatable bonds is 13. The first-order valence-electron chi connectivity index (χ1n) is 24.8. The number of nitrogens with zero attached hydrogens (tertiary/aromatic N) is 3. The van der Waals surface area contributed by atoms with Crippen molar-refractivity contribution in [2.24, 2.45) is 23.2 Å². The molecular formula is C55H67N7O6. The zero-order valence-electron chi connectivity index (χ0n) is 40.5. The molecule has 68 heavy (non-hydrogen) atoms. The summed E-state index contributed by atoms with van der Waals surface area (Å²) in [5, 5.41) is 5.46. The van der Waals surface area contributed by atoms with Gasteiger partial charge in [0, 0.05) is 18.9 Å². The van der Waals surface area contributed by atoms with Gasteiger partial charge in [0.15, 0.2) is 5.78 Å². The number of aromatic amines is 2. The maximum Gasteiger partial charge on any atom is 0.407 e. The highest BCUT2D eigenvalue weighted by Crippen LogP contribution is 2.53. The Morgan fingerprint density at radius 2 is 1.40 bits per heavy atom. The van der Waals surface area contributed by atoms with E-state index in [4.69, 9.17) is 19.4 Å². The predicted octanol–water partition coefficient (Wildman–Crippen LogP) is 10.8. The summed E-state index contributed by atoms with van der Waals surface area (Å²) < 4.78 is 9.58. The Labute approximate surface area is 399 Å². The highest BCUT2D eigenvalue weighted by atomic mass is 16.5. The third kappa shape index (κ3) is 9.58. The minimum absolute atomic E-state index is 0.00911. The molecule has 3 heterocycles. The van der Waals surface area contributed by atoms with Crippen molar-refractivity contribution in [1.82, 2.24) is 35.5 Å². The minimum Gasteiger partial charge on any atom is -0.453 e. The SMILES string of the molecule is COC(=O)NC(C(=O)CC1CCC[C@@H](c2nc3ccc(-c4ccc(-c5ccc(-c6cnc([C@@H]7C=CCN7C(=O)C(NC(=O)OC)C(C)C)[nH]6)cc5)c5c4CC4(CCCC4)C5)cc3[nH]2)CC1)C(C)C. The van der Waals surface area contributed by atoms with Crippen LogP contribution in [0.15, 0.2) is 72.9 Å². The lowest BCUT2D eigenvalue weighted by Gasteiger charge is -2.29. The van der Waals surface area contributed by atoms with Crippen LogP contribution in [0.25, 0.3) is 44.5 Å². The largest absolute Gasteiger partial charge is 0.453 e. The number of alkyl carbamates (subject to hydrolysis) is 2. The van der Waals surface area contributed by atoms with Crippen molar-refractivity contribution in [3.63, 3.8) is 0 Å². The van der Waals surface area contributed by atoms with Gasteiger partial charge in [-0.1, -0.05) is 102 Å². The average Bonchev–Trinajstić information content (AvgIpc) is 4.20. The predicted molar refractivity (Wildman–Crippen MR) is 264 cm³/mol. The average molecular weight is 922 g/mol. The molecule has 358 valence electrons. The summed E-state index contributed by atoms with van der Waals surface area (Å²) in [7, 11) is 2.62. The molecule has 13 nitrogen and oxygen atoms in total. The number of ether oxygens (including phenoxy) is 2. The van der Waals surface area contributed by atoms with Gasteiger partial charge in [0.05, 0.1) is 43.2 Å². The number of amides is 3. The highest BCUT2D eigenvalue weighted by molar-refractivity contribution is 5.89. The number of methoxy groups -OCH3 is 2. The normalized spacial score (nSPS) is 20.7. The molecule has 1 spiro atoms. The first kappa shape index (κ1) is 46.9. The van der Waals surface area contributed by atoms with Gasteiger partial charge in [-0.05, 0) is 126 Å². The van der Waals surface area contributed by atoms with Crippen LogP contribution < -0.4 is 10.6 Å². The smallest absolute Gasteiger partial charge is 0.407 e. The molecule has 3 aromatic carbocycles. The van der Waals surface area contributed by atoms with Gasteiger partial charge >= 0.3 is 12.2 Å². The molecule has 5 atom stereocenters. The molecule has 3 unspecified atom stereocenters. The van der Waals surface area contributed by atoms with Gasteiger partial charge in [0.2, 0.25) is 5.91 Å². The van der Waals surface area contributed by atoms with Crippen molar-refractivity contribution in [2.45, 2.75) is 129 Å². The number of carbonyl (C=O) groups excluding carboxylic acids is 4. The molecule has 0 radical (unpaired) electrons. The molecule has 9 rings (SSSR count). The second kappa shape index (κ2) is 19.8. The number of hydrogen-bond donors (Lipinski definition) is 4. The number of ketones is 1. The number of aromatic nitrogens is 4. The molecule has 2 fully saturated rings. The number of carbonyl (C=O) groups is 4. The second-order valence-electron chi connectivity index (χ2n) is 20.6. The lowest BCUT2D eigenvalue weighted by molar-refractivity contribution is -0.135. The molecule has 2 aromatic heterocycles. The van der Waals surface area contributed by atoms with E-state index in [1.54, 1.807) is 4.90 Å². The van der Waals surface area contributed by atoms with E-state index in [9.17, 15) is 19.2 Å². The zero-order chi connectivity index (χ0) is 47.7. The van der Waals surface area contributed by atoms with Crippen molar-refractivity contribution in [3.05, 3.63) is 95.7 Å². The van der Waals surface area contributed by atoms with E-state index in [0.29, 0.717) is 30.1 Å². The number of imidazole rings is 2. The number of H-pyrrole nitrogens is 2. The Morgan fingerprint density at radius 1 is 0.750 bits per heavy atom. The van der Waals surface area contributed by atoms with Gasteiger partial charge in [-0.3, -0.25) is 9.59 Å². The standard InChI is InChI=1S/C55H67N7O6/c1-32(2)48(60-53(65)67-5)47(63)27-34-11-9-12-37(15-14-34)50-57-43-23-20-38(28-44(43)58-50)40-22-21-39(41-29-55(30-42(40)41)24-7-8-25-55)35-16-18-36(19-17-35)45-31-56-51(59-45)46-13-10-26-62(46)52(64)49(33(3)4)61-54(66)68-6/h10,13,16-23,28,31-34,37,46,48-49H,7-9,11-12,14-15,24-27,29-30H2,1-6H3,(H,56,59)(H,57,58)(H,60,65)(H,61,66)/t34?,37-,46+,48?,49?/m1/s1. The van der Waals surface area contributed by atoms with E-state index >= 15 is 0 Å². The van der Waals surface area contributed by atoms with E-state index < -0.39 is 24.3 Å². The third-order valence-electron chi connectivity index (χ3n) is 15.5. The van der Waals surface area contributed by atoms with Crippen molar-refractivity contribution < 1.29 is 28.7 Å². The van der Waals surface area contributed by atoms with Crippen LogP contribution in [0.5, 0.6) is 0 Å². The molecule has 4 N–H and O–H groups in total. The maximum absolute atomic E-state index is 13.7. The van der Waals surface area contributed by atoms with E-state index in [2.05, 4.69) is 75.2 Å². The molecule has 0 saturated heterocycles. The lowest BCUT2D eigenvalue weighted by atomic mass is 9.82. The first-order chi connectivity index (χ1) is 32.8. The fourth-order valence-corrected chi connectivity index (χ4v) is 11.7. The van der Waals surface area contributed by atoms with Crippen LogP contribution in [0.1, 0.15) is 127 Å². The monoisotopic (exact) mass is 922 g/mol. The van der Waals surface area contributed by atoms with Gasteiger partial charge in [-0.15, -0.1) is 0 Å². The van der Waals surface area contributed by atoms with Crippen LogP contribution in [-0.2, 0) is 31.9 Å². The summed E-state index contributed by atoms with van der Waals surface area (Å²) >= 11 is 0. The topological polar surface area (TPSA) is 171 Å². The quantitative estimate of drug-likeness (QED) is 0.0667. The molecule has 2 saturated carbocycles. The Morgan fingerprint density at radius 3 is 2.07 bits per heavy atom. The second-order valence-corrected chi connectivity index (χ2v) is 20.6. The summed E-state index contributed by atoms with van der Waals surface area (Å²) in [6, 6.07) is 18.5. The molecule has 3 amide bonds. The fraction of sp³-hybridized carbons (Fsp3) is 0.491. The third-order valence-corrected chi connectivity index (χ3v) is 15.5. The van der Waals surface area contributed by atoms with Gasteiger partial charge in [-0.2, -0.15) is 0 Å². The molecule has 3 aliphatic carbocycles. The minimum atomic E-state index is -0.720. The van der Waals surface area contributed by atoms with Crippen LogP contribution in [0.3, 0.4) is 0 Å². The molecule has 0 bridgehead atoms. The lowest BCUT2D eigenvalue weighted by Crippen LogP contribution is -2.51. The van der Waals surface area contributed by atoms with Crippen molar-refractivity contribution in [2.75, 3.05) is 20.8 Å². The fourth-order valence-electron chi connectivity index (χ4n) is 11.7. The number of hydrogen-bond acceptors (Lipinski definition) is 8. The summed E-state index contributed by atoms with van der Waals surface area (Å²) in [6.45, 7) is 8.15. The summed E-state index contributed by atoms with van der Waals surface area (Å²) in [4.78, 5) is 69.9. The van der Waals surface area contributed by atoms with E-state index in [1.165, 1.54) is 73.3 Å². The number of fused-ring (bicyclic) bond motifs is 2. The number of nitrogens with one attached hydrogen (secondary N) is 4. The number of benzene rings is 3. The van der Waals surface area contributed by atoms with Crippen LogP contribution in [0, 0.1) is 23.2 Å². The first-order valence-corrected chi connectivity index (χ1v) is 24.8. The molecule has 1 aliphatic heterocycles. The Hall–Kier alpha value is -6.24. The van der Waals surface area contributed by atoms with Crippen LogP contribution >= 0.6 is 0 Å². The zero-order valence-corrected chi connectivity index (χ0v) is 40.5. The van der Waals surface area contributed by atoms with Gasteiger partial charge < -0.3 is 35.0 Å². The van der Waals surface area contributed by atoms with E-state index in [0.717, 1.165) is 73.1 Å². The Balaban J connectivity index is 0.916. The van der Waals surface area contributed by atoms with Crippen molar-refractivity contribution in [1.29, 1.82) is 0 Å². The van der Waals surface area contributed by atoms with Gasteiger partial charge in [-0.25, -0.2) is 19.6 Å². The molecular weight excluding hydrogens is 855 g/mol. The van der Waals surface area contributed by atoms with Crippen molar-refractivity contribution >= 4 is 34.9 Å². The van der Waals surface area contributed by atoms with Crippen LogP contribution in [-0.4, -0.2) is 81.6 Å². The number of Topliss-reactive ketones (excluding diaryl/α,β-unsaturated/α-hetero) is 1. The Kier molecular flexibility index (Phi) is 13.6. The highest BCUT2D eigenvalue weighted by Gasteiger charge is 2.42.